The Morgan fingerprint density at radius 2 is 1.77 bits per heavy atom. The molecular formula is C83H104N6O9. The molecule has 0 radical (unpaired) electrons. The van der Waals surface area contributed by atoms with Crippen molar-refractivity contribution in [3.63, 3.8) is 0 Å². The number of phenols is 1. The van der Waals surface area contributed by atoms with Crippen molar-refractivity contribution >= 4 is 17.5 Å². The number of nitrogens with two attached hydrogens (primary N) is 1. The predicted octanol–water partition coefficient (Wildman–Crippen LogP) is 11.1. The lowest BCUT2D eigenvalue weighted by atomic mass is 9.43. The molecule has 2 aromatic rings. The standard InChI is InChI=1S/C83H104N6O9/c1-47(22-23-51-27-32-86-75-58(51)24-25-69(85-4)88-75)55(45-90)41-82-72(94)59-20-12-18-54-39-77(3)28-6-5-14-50-15-10-17-53-40-80-43-64-62(71(66(80)35-60(50)53)97-76(96)83(82,98-82)73(95)70(54)59)37-68(93)81(65(64)36-61(52-16-11-19-56(91)34-52)63-33-49(38-77)44-87-74(63)84)46-78(31-26-57(92)42-78)79(29-7-8-30-79)67(81)21-9-13-48(2)89-80/h10-12,16-20,27,33-34,40,44,48,50,57,60-62,64-69,71,74,85-93H,5-8,14-15,21-26,28-32,35-39,41-43,45-46,84H2,1-4H3/b55-47-/t48-,50+,57-,60+,61+,62-,64-,65-,66+,67-,68-,69-,71+,74?,77-,78-,80+,81+,82-,83-/m0/s1. The number of hydrogen-bond acceptors (Lipinski definition) is 15. The Bertz CT molecular complexity index is 3960. The fourth-order valence-electron chi connectivity index (χ4n) is 25.2. The van der Waals surface area contributed by atoms with E-state index in [0.29, 0.717) is 87.8 Å². The number of aliphatic hydroxyl groups excluding tert-OH is 3. The summed E-state index contributed by atoms with van der Waals surface area (Å²) >= 11 is 0. The van der Waals surface area contributed by atoms with Crippen LogP contribution in [0, 0.1) is 74.9 Å². The molecule has 2 aromatic carbocycles. The fourth-order valence-corrected chi connectivity index (χ4v) is 25.2. The smallest absolute Gasteiger partial charge is 0.350 e. The van der Waals surface area contributed by atoms with Gasteiger partial charge in [-0.2, -0.15) is 0 Å². The van der Waals surface area contributed by atoms with E-state index in [1.807, 2.05) is 38.2 Å². The molecule has 15 nitrogen and oxygen atoms in total. The van der Waals surface area contributed by atoms with Gasteiger partial charge in [-0.15, -0.1) is 5.92 Å². The second kappa shape index (κ2) is 24.0. The summed E-state index contributed by atoms with van der Waals surface area (Å²) in [7, 11) is 1.97. The molecule has 1 saturated heterocycles. The van der Waals surface area contributed by atoms with Gasteiger partial charge in [-0.25, -0.2) is 4.79 Å². The van der Waals surface area contributed by atoms with Gasteiger partial charge in [-0.3, -0.25) is 14.9 Å². The number of Topliss-reactive ketones (excluding diaryl/α,β-unsaturated/α-hetero) is 2. The number of ketones is 2. The number of fused-ring (bicyclic) bond motifs is 5. The van der Waals surface area contributed by atoms with Crippen molar-refractivity contribution in [2.24, 2.45) is 68.8 Å². The van der Waals surface area contributed by atoms with Crippen LogP contribution in [-0.2, 0) is 20.7 Å². The lowest BCUT2D eigenvalue weighted by molar-refractivity contribution is -0.208. The number of carbonyl (C=O) groups is 3. The number of epoxide rings is 1. The molecule has 7 heterocycles. The largest absolute Gasteiger partial charge is 0.508 e. The number of allylic oxidation sites excluding steroid dienone is 8. The highest BCUT2D eigenvalue weighted by Crippen LogP contribution is 2.81. The number of nitrogens with one attached hydrogen (secondary N) is 5. The van der Waals surface area contributed by atoms with Gasteiger partial charge in [0.15, 0.2) is 11.4 Å². The van der Waals surface area contributed by atoms with Crippen LogP contribution in [0.5, 0.6) is 5.75 Å². The van der Waals surface area contributed by atoms with Gasteiger partial charge in [0.1, 0.15) is 17.7 Å². The summed E-state index contributed by atoms with van der Waals surface area (Å²) in [6, 6.07) is 13.1. The van der Waals surface area contributed by atoms with Crippen LogP contribution in [0.1, 0.15) is 213 Å². The van der Waals surface area contributed by atoms with Crippen molar-refractivity contribution in [3.8, 4) is 17.6 Å². The molecule has 13 bridgehead atoms. The minimum atomic E-state index is -2.38. The van der Waals surface area contributed by atoms with Gasteiger partial charge in [0, 0.05) is 65.4 Å². The van der Waals surface area contributed by atoms with Gasteiger partial charge in [0.2, 0.25) is 5.78 Å². The highest BCUT2D eigenvalue weighted by molar-refractivity contribution is 6.33. The number of esters is 1. The first-order valence-electron chi connectivity index (χ1n) is 38.0. The first-order valence-corrected chi connectivity index (χ1v) is 38.0. The normalized spacial score (nSPS) is 42.6. The van der Waals surface area contributed by atoms with E-state index >= 15 is 14.4 Å². The van der Waals surface area contributed by atoms with Crippen LogP contribution >= 0.6 is 0 Å². The van der Waals surface area contributed by atoms with Crippen molar-refractivity contribution in [2.45, 2.75) is 241 Å². The van der Waals surface area contributed by atoms with Crippen molar-refractivity contribution in [2.75, 3.05) is 20.2 Å². The van der Waals surface area contributed by atoms with E-state index in [-0.39, 0.29) is 81.8 Å². The molecule has 15 heteroatoms. The number of ether oxygens (including phenoxy) is 2. The van der Waals surface area contributed by atoms with Gasteiger partial charge >= 0.3 is 5.97 Å². The Morgan fingerprint density at radius 3 is 2.57 bits per heavy atom. The predicted molar refractivity (Wildman–Crippen MR) is 375 cm³/mol. The van der Waals surface area contributed by atoms with Gasteiger partial charge in [0.05, 0.1) is 37.2 Å². The van der Waals surface area contributed by atoms with E-state index in [2.05, 4.69) is 94.9 Å². The topological polar surface area (TPSA) is 240 Å². The van der Waals surface area contributed by atoms with Crippen LogP contribution in [0.2, 0.25) is 0 Å². The summed E-state index contributed by atoms with van der Waals surface area (Å²) in [5.74, 6) is 5.98. The summed E-state index contributed by atoms with van der Waals surface area (Å²) in [4.78, 5) is 50.6. The summed E-state index contributed by atoms with van der Waals surface area (Å²) in [6.07, 6.45) is 30.2. The molecule has 11 N–H and O–H groups in total. The summed E-state index contributed by atoms with van der Waals surface area (Å²) in [6.45, 7) is 6.80. The quantitative estimate of drug-likeness (QED) is 0.0389. The average Bonchev–Trinajstić information content (AvgIpc) is 1.48. The third kappa shape index (κ3) is 9.83. The maximum absolute atomic E-state index is 17.2. The summed E-state index contributed by atoms with van der Waals surface area (Å²) in [5, 5.41) is 68.6. The Labute approximate surface area is 578 Å². The van der Waals surface area contributed by atoms with E-state index in [1.165, 1.54) is 16.7 Å². The number of aromatic hydroxyl groups is 1. The molecule has 0 aromatic heterocycles. The second-order valence-corrected chi connectivity index (χ2v) is 34.2. The fraction of sp³-hybridized carbons (Fsp3) is 0.627. The molecule has 5 saturated carbocycles. The third-order valence-corrected chi connectivity index (χ3v) is 29.4. The number of benzene rings is 2. The molecule has 5 spiro atoms. The van der Waals surface area contributed by atoms with Crippen molar-refractivity contribution in [3.05, 3.63) is 146 Å². The number of phenolic OH excluding ortho intramolecular Hbond substituents is 1. The highest BCUT2D eigenvalue weighted by atomic mass is 16.7. The van der Waals surface area contributed by atoms with Gasteiger partial charge in [0.25, 0.3) is 5.60 Å². The zero-order valence-electron chi connectivity index (χ0n) is 58.1. The average molecular weight is 1330 g/mol. The first kappa shape index (κ1) is 65.2. The van der Waals surface area contributed by atoms with Crippen LogP contribution in [-0.4, -0.2) is 112 Å². The molecule has 520 valence electrons. The zero-order valence-corrected chi connectivity index (χ0v) is 58.1. The summed E-state index contributed by atoms with van der Waals surface area (Å²) < 4.78 is 14.9. The van der Waals surface area contributed by atoms with E-state index in [4.69, 9.17) is 15.2 Å². The molecule has 98 heavy (non-hydrogen) atoms. The molecular weight excluding hydrogens is 1220 g/mol. The molecule has 1 unspecified atom stereocenters. The van der Waals surface area contributed by atoms with Crippen LogP contribution in [0.3, 0.4) is 0 Å². The molecule has 0 amide bonds. The molecule has 6 fully saturated rings. The Hall–Kier alpha value is -6.09. The van der Waals surface area contributed by atoms with Crippen LogP contribution in [0.25, 0.3) is 0 Å². The van der Waals surface area contributed by atoms with Gasteiger partial charge in [-0.05, 0) is 245 Å². The Kier molecular flexibility index (Phi) is 16.0. The van der Waals surface area contributed by atoms with Crippen LogP contribution in [0.15, 0.2) is 124 Å². The molecule has 15 aliphatic rings. The van der Waals surface area contributed by atoms with Crippen molar-refractivity contribution in [1.29, 1.82) is 0 Å². The lowest BCUT2D eigenvalue weighted by Crippen LogP contribution is -2.69. The molecule has 17 rings (SSSR count). The molecule has 7 aliphatic heterocycles. The number of aliphatic hydroxyl groups is 3. The summed E-state index contributed by atoms with van der Waals surface area (Å²) in [5.41, 5.74) is 10.1. The second-order valence-electron chi connectivity index (χ2n) is 34.2. The SMILES string of the molecule is CN[C@@H]1CCC2=C(NCC=C2CC/C(C)=C(\CO)C[C@@]23O[C@@]24C(=O)O[C@@H]2[C@H]5C[C@H](O)[C@@]67C[C@@]8(CC[C@H](O)C8)C8(CCCC8)[C@@H]6CC#C[C@H](C)N[C@]68C=C9C=CC[C@@H](CCCC[C@@](C)(CC%10=CNC(N)C(=C%10)[C@@H](c%10cccc(O)c%10)C[C@H]7[C@H]5C6)Cc5cccc(c5C4=O)C3=O)[C@H]9C[C@H]28)N1. The monoisotopic (exact) mass is 1330 g/mol. The Morgan fingerprint density at radius 1 is 0.929 bits per heavy atom. The van der Waals surface area contributed by atoms with Gasteiger partial charge in [-0.1, -0.05) is 105 Å². The number of rotatable bonds is 8. The van der Waals surface area contributed by atoms with E-state index in [1.54, 1.807) is 12.1 Å². The zero-order chi connectivity index (χ0) is 67.5. The van der Waals surface area contributed by atoms with E-state index < -0.39 is 82.1 Å². The van der Waals surface area contributed by atoms with Crippen molar-refractivity contribution < 1.29 is 44.3 Å². The number of dihydropyridines is 2. The van der Waals surface area contributed by atoms with Gasteiger partial charge < -0.3 is 56.9 Å². The van der Waals surface area contributed by atoms with Crippen molar-refractivity contribution in [1.82, 2.24) is 26.6 Å². The molecule has 20 atom stereocenters. The maximum atomic E-state index is 17.2. The first-order chi connectivity index (χ1) is 47.3. The van der Waals surface area contributed by atoms with E-state index in [9.17, 15) is 20.4 Å². The number of carbonyl (C=O) groups excluding carboxylic acids is 3. The molecule has 8 aliphatic carbocycles. The maximum Gasteiger partial charge on any atom is 0.350 e. The van der Waals surface area contributed by atoms with Crippen LogP contribution in [0.4, 0.5) is 0 Å². The van der Waals surface area contributed by atoms with Crippen LogP contribution < -0.4 is 32.3 Å². The minimum Gasteiger partial charge on any atom is -0.508 e. The minimum absolute atomic E-state index is 0.0296. The number of hydrogen-bond donors (Lipinski definition) is 10. The third-order valence-electron chi connectivity index (χ3n) is 29.4. The Balaban J connectivity index is 0.886. The lowest BCUT2D eigenvalue weighted by Gasteiger charge is -2.64. The highest BCUT2D eigenvalue weighted by Gasteiger charge is 2.86. The van der Waals surface area contributed by atoms with E-state index in [0.717, 1.165) is 118 Å².